The van der Waals surface area contributed by atoms with Gasteiger partial charge in [0, 0.05) is 10.0 Å². The van der Waals surface area contributed by atoms with Crippen LogP contribution in [0.15, 0.2) is 71.6 Å². The van der Waals surface area contributed by atoms with Crippen LogP contribution in [0.2, 0.25) is 10.0 Å². The van der Waals surface area contributed by atoms with Crippen molar-refractivity contribution in [3.05, 3.63) is 87.9 Å². The van der Waals surface area contributed by atoms with Crippen molar-refractivity contribution in [1.29, 1.82) is 0 Å². The average Bonchev–Trinajstić information content (AvgIpc) is 2.71. The zero-order valence-electron chi connectivity index (χ0n) is 14.9. The molecule has 0 fully saturated rings. The summed E-state index contributed by atoms with van der Waals surface area (Å²) in [6.45, 7) is 0. The third-order valence-corrected chi connectivity index (χ3v) is 5.45. The van der Waals surface area contributed by atoms with Crippen LogP contribution in [0.3, 0.4) is 0 Å². The molecule has 1 N–H and O–H groups in total. The lowest BCUT2D eigenvalue weighted by Crippen LogP contribution is -2.15. The first-order chi connectivity index (χ1) is 14.1. The van der Waals surface area contributed by atoms with Crippen LogP contribution in [0.4, 0.5) is 0 Å². The molecule has 0 saturated heterocycles. The topological polar surface area (TPSA) is 107 Å². The molecule has 0 saturated carbocycles. The summed E-state index contributed by atoms with van der Waals surface area (Å²) < 4.78 is 35.4. The number of carboxylic acids is 1. The van der Waals surface area contributed by atoms with Crippen molar-refractivity contribution in [3.8, 4) is 11.5 Å². The number of rotatable bonds is 6. The van der Waals surface area contributed by atoms with Crippen molar-refractivity contribution in [3.63, 3.8) is 0 Å². The van der Waals surface area contributed by atoms with Crippen LogP contribution >= 0.6 is 23.2 Å². The predicted octanol–water partition coefficient (Wildman–Crippen LogP) is 4.68. The molecular weight excluding hydrogens is 455 g/mol. The van der Waals surface area contributed by atoms with Gasteiger partial charge in [0.05, 0.1) is 11.1 Å². The summed E-state index contributed by atoms with van der Waals surface area (Å²) in [4.78, 5) is 23.4. The third-order valence-electron chi connectivity index (χ3n) is 3.72. The van der Waals surface area contributed by atoms with E-state index < -0.39 is 32.5 Å². The summed E-state index contributed by atoms with van der Waals surface area (Å²) >= 11 is 11.5. The molecular formula is C20H12Cl2O7S. The van der Waals surface area contributed by atoms with Crippen LogP contribution in [-0.2, 0) is 10.1 Å². The first-order valence-corrected chi connectivity index (χ1v) is 10.4. The van der Waals surface area contributed by atoms with Gasteiger partial charge in [-0.3, -0.25) is 0 Å². The van der Waals surface area contributed by atoms with Crippen LogP contribution in [0.1, 0.15) is 20.7 Å². The maximum absolute atomic E-state index is 12.6. The summed E-state index contributed by atoms with van der Waals surface area (Å²) in [7, 11) is -4.45. The van der Waals surface area contributed by atoms with Crippen LogP contribution in [0.5, 0.6) is 11.5 Å². The van der Waals surface area contributed by atoms with E-state index in [4.69, 9.17) is 32.1 Å². The lowest BCUT2D eigenvalue weighted by Gasteiger charge is -2.10. The number of hydrogen-bond acceptors (Lipinski definition) is 6. The van der Waals surface area contributed by atoms with Crippen LogP contribution in [0.25, 0.3) is 0 Å². The van der Waals surface area contributed by atoms with Gasteiger partial charge in [-0.1, -0.05) is 23.2 Å². The van der Waals surface area contributed by atoms with Crippen molar-refractivity contribution in [2.75, 3.05) is 0 Å². The molecule has 0 spiro atoms. The van der Waals surface area contributed by atoms with Gasteiger partial charge in [0.25, 0.3) is 0 Å². The van der Waals surface area contributed by atoms with E-state index in [-0.39, 0.29) is 17.1 Å². The number of esters is 1. The van der Waals surface area contributed by atoms with E-state index in [9.17, 15) is 23.1 Å². The highest BCUT2D eigenvalue weighted by Gasteiger charge is 2.23. The maximum Gasteiger partial charge on any atom is 0.343 e. The van der Waals surface area contributed by atoms with E-state index in [0.29, 0.717) is 10.0 Å². The minimum atomic E-state index is -4.45. The number of benzene rings is 3. The summed E-state index contributed by atoms with van der Waals surface area (Å²) in [6.07, 6.45) is 0. The lowest BCUT2D eigenvalue weighted by molar-refractivity contribution is 0.0696. The quantitative estimate of drug-likeness (QED) is 0.319. The monoisotopic (exact) mass is 466 g/mol. The highest BCUT2D eigenvalue weighted by Crippen LogP contribution is 2.24. The Kier molecular flexibility index (Phi) is 6.31. The standard InChI is InChI=1S/C20H12Cl2O7S/c21-14-1-5-16(6-2-14)28-20(25)13-9-12(19(23)24)10-18(11-13)30(26,27)29-17-7-3-15(22)4-8-17/h1-11H,(H,23,24). The molecule has 0 unspecified atom stereocenters. The molecule has 0 aliphatic rings. The zero-order valence-corrected chi connectivity index (χ0v) is 17.2. The van der Waals surface area contributed by atoms with Gasteiger partial charge in [-0.25, -0.2) is 9.59 Å². The molecule has 154 valence electrons. The second-order valence-corrected chi connectivity index (χ2v) is 8.31. The minimum absolute atomic E-state index is 0.0366. The summed E-state index contributed by atoms with van der Waals surface area (Å²) in [5.41, 5.74) is -0.720. The van der Waals surface area contributed by atoms with Gasteiger partial charge in [-0.15, -0.1) is 0 Å². The van der Waals surface area contributed by atoms with Gasteiger partial charge in [-0.05, 0) is 66.7 Å². The van der Waals surface area contributed by atoms with Gasteiger partial charge in [-0.2, -0.15) is 8.42 Å². The summed E-state index contributed by atoms with van der Waals surface area (Å²) in [6, 6.07) is 14.2. The van der Waals surface area contributed by atoms with Gasteiger partial charge in [0.15, 0.2) is 0 Å². The fraction of sp³-hybridized carbons (Fsp3) is 0. The largest absolute Gasteiger partial charge is 0.478 e. The van der Waals surface area contributed by atoms with Crippen LogP contribution in [0, 0.1) is 0 Å². The normalized spacial score (nSPS) is 11.0. The van der Waals surface area contributed by atoms with Gasteiger partial charge >= 0.3 is 22.1 Å². The van der Waals surface area contributed by atoms with E-state index in [1.807, 2.05) is 0 Å². The number of halogens is 2. The van der Waals surface area contributed by atoms with Crippen molar-refractivity contribution in [2.24, 2.45) is 0 Å². The van der Waals surface area contributed by atoms with Gasteiger partial charge in [0.1, 0.15) is 16.4 Å². The maximum atomic E-state index is 12.6. The minimum Gasteiger partial charge on any atom is -0.478 e. The Morgan fingerprint density at radius 1 is 0.767 bits per heavy atom. The predicted molar refractivity (Wildman–Crippen MR) is 109 cm³/mol. The van der Waals surface area contributed by atoms with Crippen molar-refractivity contribution in [1.82, 2.24) is 0 Å². The Balaban J connectivity index is 1.95. The SMILES string of the molecule is O=C(O)c1cc(C(=O)Oc2ccc(Cl)cc2)cc(S(=O)(=O)Oc2ccc(Cl)cc2)c1. The molecule has 0 aliphatic carbocycles. The first kappa shape index (κ1) is 21.6. The molecule has 7 nitrogen and oxygen atoms in total. The Morgan fingerprint density at radius 3 is 1.80 bits per heavy atom. The second-order valence-electron chi connectivity index (χ2n) is 5.89. The zero-order chi connectivity index (χ0) is 21.9. The fourth-order valence-corrected chi connectivity index (χ4v) is 3.57. The molecule has 0 aliphatic heterocycles. The molecule has 0 radical (unpaired) electrons. The smallest absolute Gasteiger partial charge is 0.343 e. The summed E-state index contributed by atoms with van der Waals surface area (Å²) in [5.74, 6) is -2.28. The van der Waals surface area contributed by atoms with Crippen molar-refractivity contribution >= 4 is 45.3 Å². The van der Waals surface area contributed by atoms with Crippen molar-refractivity contribution < 1.29 is 32.0 Å². The number of carbonyl (C=O) groups excluding carboxylic acids is 1. The van der Waals surface area contributed by atoms with Crippen LogP contribution < -0.4 is 8.92 Å². The lowest BCUT2D eigenvalue weighted by atomic mass is 10.1. The van der Waals surface area contributed by atoms with Crippen molar-refractivity contribution in [2.45, 2.75) is 4.90 Å². The van der Waals surface area contributed by atoms with Gasteiger partial charge < -0.3 is 14.0 Å². The van der Waals surface area contributed by atoms with E-state index in [1.165, 1.54) is 48.5 Å². The Hall–Kier alpha value is -3.07. The van der Waals surface area contributed by atoms with E-state index in [0.717, 1.165) is 18.2 Å². The molecule has 0 bridgehead atoms. The molecule has 30 heavy (non-hydrogen) atoms. The Bertz CT molecular complexity index is 1200. The number of carboxylic acid groups (broad SMARTS) is 1. The Morgan fingerprint density at radius 2 is 1.27 bits per heavy atom. The summed E-state index contributed by atoms with van der Waals surface area (Å²) in [5, 5.41) is 10.1. The molecule has 10 heteroatoms. The van der Waals surface area contributed by atoms with E-state index in [1.54, 1.807) is 0 Å². The van der Waals surface area contributed by atoms with E-state index >= 15 is 0 Å². The molecule has 0 aromatic heterocycles. The van der Waals surface area contributed by atoms with Gasteiger partial charge in [0.2, 0.25) is 0 Å². The first-order valence-electron chi connectivity index (χ1n) is 8.20. The average molecular weight is 467 g/mol. The fourth-order valence-electron chi connectivity index (χ4n) is 2.32. The molecule has 3 aromatic carbocycles. The molecule has 0 heterocycles. The van der Waals surface area contributed by atoms with Crippen LogP contribution in [-0.4, -0.2) is 25.5 Å². The number of aromatic carboxylic acids is 1. The highest BCUT2D eigenvalue weighted by molar-refractivity contribution is 7.87. The second kappa shape index (κ2) is 8.74. The van der Waals surface area contributed by atoms with E-state index in [2.05, 4.69) is 0 Å². The number of ether oxygens (including phenoxy) is 1. The number of hydrogen-bond donors (Lipinski definition) is 1. The third kappa shape index (κ3) is 5.29. The molecule has 0 amide bonds. The number of carbonyl (C=O) groups is 2. The molecule has 3 aromatic rings. The molecule has 3 rings (SSSR count). The Labute approximate surface area is 181 Å². The molecule has 0 atom stereocenters. The highest BCUT2D eigenvalue weighted by atomic mass is 35.5.